The zero-order valence-corrected chi connectivity index (χ0v) is 21.3. The zero-order chi connectivity index (χ0) is 24.8. The molecule has 2 fully saturated rings. The van der Waals surface area contributed by atoms with Gasteiger partial charge in [0.2, 0.25) is 11.9 Å². The predicted octanol–water partition coefficient (Wildman–Crippen LogP) is 3.71. The maximum atomic E-state index is 13.3. The number of aromatic nitrogens is 5. The minimum Gasteiger partial charge on any atom is -0.352 e. The van der Waals surface area contributed by atoms with Gasteiger partial charge in [0.05, 0.1) is 23.1 Å². The first-order chi connectivity index (χ1) is 17.5. The third-order valence-corrected chi connectivity index (χ3v) is 8.37. The van der Waals surface area contributed by atoms with Gasteiger partial charge in [-0.2, -0.15) is 0 Å². The van der Waals surface area contributed by atoms with Crippen LogP contribution in [0.1, 0.15) is 70.3 Å². The van der Waals surface area contributed by atoms with Crippen molar-refractivity contribution in [2.75, 3.05) is 17.2 Å². The van der Waals surface area contributed by atoms with Gasteiger partial charge in [-0.05, 0) is 70.3 Å². The molecule has 3 aromatic rings. The average molecular weight is 507 g/mol. The minimum atomic E-state index is -0.0844. The molecule has 0 aliphatic heterocycles. The van der Waals surface area contributed by atoms with E-state index in [-0.39, 0.29) is 23.8 Å². The Labute approximate surface area is 213 Å². The van der Waals surface area contributed by atoms with Crippen LogP contribution in [-0.4, -0.2) is 43.1 Å². The number of nitrogens with one attached hydrogen (secondary N) is 3. The van der Waals surface area contributed by atoms with Gasteiger partial charge in [0.15, 0.2) is 5.82 Å². The van der Waals surface area contributed by atoms with E-state index in [4.69, 9.17) is 0 Å². The van der Waals surface area contributed by atoms with Crippen LogP contribution in [0.3, 0.4) is 0 Å². The summed E-state index contributed by atoms with van der Waals surface area (Å²) in [6.45, 7) is 4.51. The van der Waals surface area contributed by atoms with Crippen LogP contribution in [0.5, 0.6) is 0 Å². The molecule has 3 aliphatic rings. The van der Waals surface area contributed by atoms with Crippen LogP contribution in [0.15, 0.2) is 12.5 Å². The highest BCUT2D eigenvalue weighted by Gasteiger charge is 2.35. The van der Waals surface area contributed by atoms with Crippen LogP contribution in [0, 0.1) is 25.7 Å². The summed E-state index contributed by atoms with van der Waals surface area (Å²) in [6.07, 6.45) is 10.0. The number of hydrogen-bond acceptors (Lipinski definition) is 8. The van der Waals surface area contributed by atoms with Crippen molar-refractivity contribution in [1.82, 2.24) is 30.0 Å². The van der Waals surface area contributed by atoms with Crippen LogP contribution in [-0.2, 0) is 17.6 Å². The number of carbonyl (C=O) groups is 2. The fourth-order valence-corrected chi connectivity index (χ4v) is 6.01. The summed E-state index contributed by atoms with van der Waals surface area (Å²) >= 11 is 1.56. The van der Waals surface area contributed by atoms with Crippen LogP contribution >= 0.6 is 11.3 Å². The zero-order valence-electron chi connectivity index (χ0n) is 20.5. The molecular formula is C25H30N8O2S. The van der Waals surface area contributed by atoms with Gasteiger partial charge in [-0.3, -0.25) is 19.1 Å². The molecule has 10 nitrogen and oxygen atoms in total. The number of fused-ring (bicyclic) bond motifs is 1. The van der Waals surface area contributed by atoms with Crippen molar-refractivity contribution < 1.29 is 9.59 Å². The number of thiophene rings is 1. The largest absolute Gasteiger partial charge is 0.352 e. The quantitative estimate of drug-likeness (QED) is 0.425. The molecule has 3 aromatic heterocycles. The lowest BCUT2D eigenvalue weighted by Crippen LogP contribution is -2.28. The van der Waals surface area contributed by atoms with Gasteiger partial charge in [-0.25, -0.2) is 4.98 Å². The Hall–Kier alpha value is -3.34. The van der Waals surface area contributed by atoms with E-state index in [1.807, 2.05) is 18.4 Å². The molecule has 36 heavy (non-hydrogen) atoms. The van der Waals surface area contributed by atoms with Crippen molar-refractivity contribution in [3.8, 4) is 0 Å². The first kappa shape index (κ1) is 23.1. The molecule has 0 saturated heterocycles. The average Bonchev–Trinajstić information content (AvgIpc) is 3.78. The number of rotatable bonds is 8. The highest BCUT2D eigenvalue weighted by atomic mass is 32.1. The standard InChI is InChI=1S/C25H30N8O2S/c1-13-10-26-21(14(2)29-13)30-25-32-28-12-33(25)17-7-8-19-18(9-17)20(23(35)27-11-15-3-4-15)24(36-19)31-22(34)16-5-6-16/h10,12,15-17H,3-9,11H2,1-2H3,(H,27,35)(H,31,34)(H,26,30,32)/t17-/m0/s1. The van der Waals surface area contributed by atoms with E-state index < -0.39 is 0 Å². The van der Waals surface area contributed by atoms with Crippen LogP contribution in [0.4, 0.5) is 16.8 Å². The first-order valence-corrected chi connectivity index (χ1v) is 13.5. The van der Waals surface area contributed by atoms with Crippen LogP contribution in [0.25, 0.3) is 0 Å². The maximum absolute atomic E-state index is 13.3. The van der Waals surface area contributed by atoms with Gasteiger partial charge in [0.1, 0.15) is 11.3 Å². The number of hydrogen-bond donors (Lipinski definition) is 3. The predicted molar refractivity (Wildman–Crippen MR) is 137 cm³/mol. The molecule has 0 bridgehead atoms. The van der Waals surface area contributed by atoms with Crippen LogP contribution < -0.4 is 16.0 Å². The van der Waals surface area contributed by atoms with Crippen LogP contribution in [0.2, 0.25) is 0 Å². The van der Waals surface area contributed by atoms with E-state index in [0.717, 1.165) is 42.6 Å². The highest BCUT2D eigenvalue weighted by molar-refractivity contribution is 7.17. The van der Waals surface area contributed by atoms with Gasteiger partial charge in [0.25, 0.3) is 5.91 Å². The van der Waals surface area contributed by atoms with E-state index in [0.29, 0.717) is 41.2 Å². The van der Waals surface area contributed by atoms with E-state index in [1.54, 1.807) is 23.9 Å². The Morgan fingerprint density at radius 1 is 1.17 bits per heavy atom. The summed E-state index contributed by atoms with van der Waals surface area (Å²) in [5, 5.41) is 18.6. The van der Waals surface area contributed by atoms with Crippen molar-refractivity contribution in [2.45, 2.75) is 64.8 Å². The molecule has 1 atom stereocenters. The second-order valence-corrected chi connectivity index (χ2v) is 11.3. The minimum absolute atomic E-state index is 0.0289. The Kier molecular flexibility index (Phi) is 5.94. The van der Waals surface area contributed by atoms with Crippen molar-refractivity contribution >= 4 is 39.9 Å². The number of aryl methyl sites for hydroxylation is 3. The number of amides is 2. The molecule has 3 N–H and O–H groups in total. The molecular weight excluding hydrogens is 476 g/mol. The molecule has 6 rings (SSSR count). The van der Waals surface area contributed by atoms with Crippen molar-refractivity contribution in [1.29, 1.82) is 0 Å². The molecule has 2 amide bonds. The van der Waals surface area contributed by atoms with E-state index in [1.165, 1.54) is 17.7 Å². The van der Waals surface area contributed by atoms with Gasteiger partial charge < -0.3 is 16.0 Å². The van der Waals surface area contributed by atoms with Gasteiger partial charge >= 0.3 is 0 Å². The lowest BCUT2D eigenvalue weighted by Gasteiger charge is -2.25. The summed E-state index contributed by atoms with van der Waals surface area (Å²) in [5.41, 5.74) is 3.31. The number of carbonyl (C=O) groups excluding carboxylic acids is 2. The fraction of sp³-hybridized carbons (Fsp3) is 0.520. The third-order valence-electron chi connectivity index (χ3n) is 7.16. The Morgan fingerprint density at radius 2 is 2.00 bits per heavy atom. The molecule has 11 heteroatoms. The fourth-order valence-electron chi connectivity index (χ4n) is 4.76. The summed E-state index contributed by atoms with van der Waals surface area (Å²) in [6, 6.07) is 0.0743. The lowest BCUT2D eigenvalue weighted by molar-refractivity contribution is -0.117. The molecule has 0 aromatic carbocycles. The third kappa shape index (κ3) is 4.71. The van der Waals surface area contributed by atoms with E-state index >= 15 is 0 Å². The second kappa shape index (κ2) is 9.27. The topological polar surface area (TPSA) is 127 Å². The molecule has 0 radical (unpaired) electrons. The maximum Gasteiger partial charge on any atom is 0.254 e. The Balaban J connectivity index is 1.27. The lowest BCUT2D eigenvalue weighted by atomic mass is 9.91. The number of nitrogens with zero attached hydrogens (tertiary/aromatic N) is 5. The normalized spacial score (nSPS) is 19.0. The van der Waals surface area contributed by atoms with Gasteiger partial charge in [0, 0.05) is 23.4 Å². The SMILES string of the molecule is Cc1cnc(Nc2nncn2[C@H]2CCc3sc(NC(=O)C4CC4)c(C(=O)NCC4CC4)c3C2)c(C)n1. The number of anilines is 3. The summed E-state index contributed by atoms with van der Waals surface area (Å²) in [7, 11) is 0. The van der Waals surface area contributed by atoms with Gasteiger partial charge in [-0.1, -0.05) is 0 Å². The van der Waals surface area contributed by atoms with Crippen molar-refractivity contribution in [3.05, 3.63) is 39.9 Å². The molecule has 0 unspecified atom stereocenters. The molecule has 2 saturated carbocycles. The summed E-state index contributed by atoms with van der Waals surface area (Å²) in [4.78, 5) is 36.0. The molecule has 188 valence electrons. The molecule has 3 heterocycles. The summed E-state index contributed by atoms with van der Waals surface area (Å²) < 4.78 is 2.02. The van der Waals surface area contributed by atoms with E-state index in [2.05, 4.69) is 36.1 Å². The first-order valence-electron chi connectivity index (χ1n) is 12.7. The van der Waals surface area contributed by atoms with Crippen molar-refractivity contribution in [2.24, 2.45) is 11.8 Å². The monoisotopic (exact) mass is 506 g/mol. The molecule has 3 aliphatic carbocycles. The second-order valence-electron chi connectivity index (χ2n) is 10.2. The van der Waals surface area contributed by atoms with Gasteiger partial charge in [-0.15, -0.1) is 21.5 Å². The van der Waals surface area contributed by atoms with Crippen molar-refractivity contribution in [3.63, 3.8) is 0 Å². The smallest absolute Gasteiger partial charge is 0.254 e. The Morgan fingerprint density at radius 3 is 2.75 bits per heavy atom. The Bertz CT molecular complexity index is 1320. The summed E-state index contributed by atoms with van der Waals surface area (Å²) in [5.74, 6) is 1.85. The highest BCUT2D eigenvalue weighted by Crippen LogP contribution is 2.43. The molecule has 0 spiro atoms. The van der Waals surface area contributed by atoms with E-state index in [9.17, 15) is 9.59 Å².